The fourth-order valence-corrected chi connectivity index (χ4v) is 3.08. The van der Waals surface area contributed by atoms with E-state index >= 15 is 0 Å². The van der Waals surface area contributed by atoms with Gasteiger partial charge in [0.1, 0.15) is 0 Å². The van der Waals surface area contributed by atoms with Crippen molar-refractivity contribution in [2.75, 3.05) is 48.4 Å². The first-order valence-electron chi connectivity index (χ1n) is 9.88. The van der Waals surface area contributed by atoms with Gasteiger partial charge in [-0.25, -0.2) is 4.99 Å². The van der Waals surface area contributed by atoms with Crippen molar-refractivity contribution >= 4 is 24.3 Å². The van der Waals surface area contributed by atoms with Gasteiger partial charge in [-0.1, -0.05) is 0 Å². The average molecular weight is 470 g/mol. The number of benzene rings is 2. The van der Waals surface area contributed by atoms with Crippen molar-refractivity contribution in [3.8, 4) is 34.5 Å². The Morgan fingerprint density at radius 3 is 1.53 bits per heavy atom. The van der Waals surface area contributed by atoms with Gasteiger partial charge in [0, 0.05) is 17.3 Å². The fourth-order valence-electron chi connectivity index (χ4n) is 3.08. The van der Waals surface area contributed by atoms with Gasteiger partial charge in [-0.05, 0) is 24.3 Å². The van der Waals surface area contributed by atoms with E-state index in [0.29, 0.717) is 45.6 Å². The number of rotatable bonds is 10. The molecule has 3 aromatic rings. The molecule has 0 saturated heterocycles. The molecular weight excluding hydrogens is 444 g/mol. The van der Waals surface area contributed by atoms with Gasteiger partial charge in [0.05, 0.1) is 48.9 Å². The van der Waals surface area contributed by atoms with Crippen LogP contribution >= 0.6 is 0 Å². The zero-order valence-corrected chi connectivity index (χ0v) is 19.7. The summed E-state index contributed by atoms with van der Waals surface area (Å²) >= 11 is 0. The minimum absolute atomic E-state index is 0.0562. The molecule has 0 amide bonds. The highest BCUT2D eigenvalue weighted by Crippen LogP contribution is 2.38. The summed E-state index contributed by atoms with van der Waals surface area (Å²) in [6, 6.07) is 6.97. The number of ether oxygens (including phenoxy) is 6. The Labute approximate surface area is 196 Å². The smallest absolute Gasteiger partial charge is 0.273 e. The number of anilines is 1. The average Bonchev–Trinajstić information content (AvgIpc) is 3.23. The summed E-state index contributed by atoms with van der Waals surface area (Å²) in [5, 5.41) is 12.2. The molecule has 2 N–H and O–H groups in total. The van der Waals surface area contributed by atoms with Crippen LogP contribution in [0.15, 0.2) is 34.4 Å². The predicted octanol–water partition coefficient (Wildman–Crippen LogP) is 2.54. The molecule has 2 aromatic carbocycles. The van der Waals surface area contributed by atoms with E-state index in [2.05, 4.69) is 20.3 Å². The van der Waals surface area contributed by atoms with Crippen LogP contribution in [-0.4, -0.2) is 70.0 Å². The Kier molecular flexibility index (Phi) is 7.75. The molecule has 1 heterocycles. The van der Waals surface area contributed by atoms with E-state index in [1.54, 1.807) is 36.7 Å². The van der Waals surface area contributed by atoms with E-state index in [9.17, 15) is 0 Å². The highest BCUT2D eigenvalue weighted by molar-refractivity contribution is 5.84. The number of methoxy groups -OCH3 is 6. The molecule has 0 unspecified atom stereocenters. The summed E-state index contributed by atoms with van der Waals surface area (Å²) in [4.78, 5) is 4.36. The Hall–Kier alpha value is -4.48. The molecule has 0 spiro atoms. The second kappa shape index (κ2) is 10.9. The van der Waals surface area contributed by atoms with Crippen LogP contribution in [0.1, 0.15) is 11.1 Å². The lowest BCUT2D eigenvalue weighted by Crippen LogP contribution is -2.00. The van der Waals surface area contributed by atoms with Gasteiger partial charge in [0.15, 0.2) is 23.0 Å². The second-order valence-corrected chi connectivity index (χ2v) is 6.59. The molecular formula is C22H26N6O6. The Balaban J connectivity index is 1.94. The van der Waals surface area contributed by atoms with Gasteiger partial charge in [-0.3, -0.25) is 0 Å². The molecule has 0 aliphatic heterocycles. The Bertz CT molecular complexity index is 1160. The zero-order chi connectivity index (χ0) is 24.7. The van der Waals surface area contributed by atoms with Crippen LogP contribution in [-0.2, 0) is 0 Å². The minimum Gasteiger partial charge on any atom is -0.493 e. The maximum atomic E-state index is 5.94. The van der Waals surface area contributed by atoms with E-state index in [4.69, 9.17) is 34.2 Å². The third kappa shape index (κ3) is 4.95. The van der Waals surface area contributed by atoms with Crippen LogP contribution in [0, 0.1) is 0 Å². The summed E-state index contributed by atoms with van der Waals surface area (Å²) < 4.78 is 33.4. The van der Waals surface area contributed by atoms with E-state index in [-0.39, 0.29) is 11.9 Å². The number of hydrogen-bond acceptors (Lipinski definition) is 11. The van der Waals surface area contributed by atoms with Crippen LogP contribution < -0.4 is 34.2 Å². The third-order valence-electron chi connectivity index (χ3n) is 4.67. The van der Waals surface area contributed by atoms with Crippen molar-refractivity contribution in [2.45, 2.75) is 0 Å². The molecule has 0 saturated carbocycles. The fraction of sp³-hybridized carbons (Fsp3) is 0.273. The second-order valence-electron chi connectivity index (χ2n) is 6.59. The molecule has 12 heteroatoms. The van der Waals surface area contributed by atoms with Crippen molar-refractivity contribution in [2.24, 2.45) is 10.1 Å². The number of nitrogen functional groups attached to an aromatic ring is 1. The van der Waals surface area contributed by atoms with Crippen molar-refractivity contribution in [1.82, 2.24) is 14.9 Å². The maximum Gasteiger partial charge on any atom is 0.273 e. The normalized spacial score (nSPS) is 11.1. The van der Waals surface area contributed by atoms with Crippen LogP contribution in [0.2, 0.25) is 0 Å². The molecule has 0 fully saturated rings. The summed E-state index contributed by atoms with van der Waals surface area (Å²) in [6.07, 6.45) is 3.10. The van der Waals surface area contributed by atoms with Crippen LogP contribution in [0.25, 0.3) is 0 Å². The van der Waals surface area contributed by atoms with Gasteiger partial charge in [-0.2, -0.15) is 9.78 Å². The first kappa shape index (κ1) is 24.2. The lowest BCUT2D eigenvalue weighted by molar-refractivity contribution is 0.324. The standard InChI is InChI=1S/C22H26N6O6/c1-29-15-7-13(8-16(30-2)19(15)33-5)11-24-22-27-26-21(23)28(22)25-12-14-9-17(31-3)20(34-6)18(10-14)32-4/h7-12H,1-6H3,(H2,23,26)/b24-11+,25-12+. The van der Waals surface area contributed by atoms with Gasteiger partial charge in [0.25, 0.3) is 5.95 Å². The lowest BCUT2D eigenvalue weighted by Gasteiger charge is -2.12. The molecule has 1 aromatic heterocycles. The lowest BCUT2D eigenvalue weighted by atomic mass is 10.2. The van der Waals surface area contributed by atoms with E-state index < -0.39 is 0 Å². The molecule has 0 atom stereocenters. The SMILES string of the molecule is COc1cc(/C=N/c2nnc(N)n2/N=C/c2cc(OC)c(OC)c(OC)c2)cc(OC)c1OC. The summed E-state index contributed by atoms with van der Waals surface area (Å²) in [7, 11) is 9.20. The molecule has 0 bridgehead atoms. The van der Waals surface area contributed by atoms with Gasteiger partial charge >= 0.3 is 0 Å². The quantitative estimate of drug-likeness (QED) is 0.443. The van der Waals surface area contributed by atoms with Crippen LogP contribution in [0.3, 0.4) is 0 Å². The first-order valence-corrected chi connectivity index (χ1v) is 9.88. The highest BCUT2D eigenvalue weighted by Gasteiger charge is 2.14. The molecule has 34 heavy (non-hydrogen) atoms. The molecule has 180 valence electrons. The van der Waals surface area contributed by atoms with Gasteiger partial charge < -0.3 is 34.2 Å². The van der Waals surface area contributed by atoms with Crippen LogP contribution in [0.5, 0.6) is 34.5 Å². The zero-order valence-electron chi connectivity index (χ0n) is 19.7. The largest absolute Gasteiger partial charge is 0.493 e. The summed E-state index contributed by atoms with van der Waals surface area (Å²) in [5.41, 5.74) is 7.28. The number of nitrogens with two attached hydrogens (primary N) is 1. The number of aliphatic imine (C=N–C) groups is 1. The Morgan fingerprint density at radius 2 is 1.12 bits per heavy atom. The monoisotopic (exact) mass is 470 g/mol. The van der Waals surface area contributed by atoms with E-state index in [0.717, 1.165) is 0 Å². The number of nitrogens with zero attached hydrogens (tertiary/aromatic N) is 5. The molecule has 0 aliphatic carbocycles. The molecule has 3 rings (SSSR count). The van der Waals surface area contributed by atoms with Crippen molar-refractivity contribution in [1.29, 1.82) is 0 Å². The molecule has 12 nitrogen and oxygen atoms in total. The number of aromatic nitrogens is 3. The highest BCUT2D eigenvalue weighted by atomic mass is 16.5. The van der Waals surface area contributed by atoms with Crippen LogP contribution in [0.4, 0.5) is 11.9 Å². The summed E-state index contributed by atoms with van der Waals surface area (Å²) in [6.45, 7) is 0. The molecule has 0 aliphatic rings. The van der Waals surface area contributed by atoms with Gasteiger partial charge in [-0.15, -0.1) is 10.2 Å². The predicted molar refractivity (Wildman–Crippen MR) is 127 cm³/mol. The third-order valence-corrected chi connectivity index (χ3v) is 4.67. The first-order chi connectivity index (χ1) is 16.5. The topological polar surface area (TPSA) is 137 Å². The van der Waals surface area contributed by atoms with Gasteiger partial charge in [0.2, 0.25) is 17.4 Å². The summed E-state index contributed by atoms with van der Waals surface area (Å²) in [5.74, 6) is 3.12. The maximum absolute atomic E-state index is 5.94. The van der Waals surface area contributed by atoms with E-state index in [1.165, 1.54) is 47.3 Å². The van der Waals surface area contributed by atoms with Crippen molar-refractivity contribution < 1.29 is 28.4 Å². The Morgan fingerprint density at radius 1 is 0.676 bits per heavy atom. The minimum atomic E-state index is 0.0562. The van der Waals surface area contributed by atoms with Crippen molar-refractivity contribution in [3.63, 3.8) is 0 Å². The molecule has 0 radical (unpaired) electrons. The van der Waals surface area contributed by atoms with E-state index in [1.807, 2.05) is 0 Å². The number of hydrogen-bond donors (Lipinski definition) is 1. The van der Waals surface area contributed by atoms with Crippen molar-refractivity contribution in [3.05, 3.63) is 35.4 Å².